The van der Waals surface area contributed by atoms with Gasteiger partial charge < -0.3 is 19.5 Å². The number of nitrogens with zero attached hydrogens (tertiary/aromatic N) is 1. The molecule has 1 amide bonds. The quantitative estimate of drug-likeness (QED) is 0.574. The van der Waals surface area contributed by atoms with Crippen molar-refractivity contribution in [2.75, 3.05) is 46.3 Å². The minimum atomic E-state index is 0.0237. The van der Waals surface area contributed by atoms with Gasteiger partial charge >= 0.3 is 0 Å². The molecular formula is C26H34N2O4. The van der Waals surface area contributed by atoms with Crippen molar-refractivity contribution in [3.63, 3.8) is 0 Å². The lowest BCUT2D eigenvalue weighted by molar-refractivity contribution is -0.116. The first-order valence-electron chi connectivity index (χ1n) is 11.2. The van der Waals surface area contributed by atoms with Gasteiger partial charge in [0.25, 0.3) is 0 Å². The van der Waals surface area contributed by atoms with Gasteiger partial charge in [0.1, 0.15) is 17.2 Å². The van der Waals surface area contributed by atoms with Gasteiger partial charge in [-0.15, -0.1) is 0 Å². The highest BCUT2D eigenvalue weighted by atomic mass is 16.5. The maximum atomic E-state index is 12.4. The third-order valence-corrected chi connectivity index (χ3v) is 5.97. The van der Waals surface area contributed by atoms with Crippen LogP contribution in [0.15, 0.2) is 48.5 Å². The van der Waals surface area contributed by atoms with Crippen molar-refractivity contribution in [2.24, 2.45) is 5.92 Å². The summed E-state index contributed by atoms with van der Waals surface area (Å²) in [5.74, 6) is 2.81. The monoisotopic (exact) mass is 438 g/mol. The molecular weight excluding hydrogens is 404 g/mol. The van der Waals surface area contributed by atoms with E-state index >= 15 is 0 Å². The number of likely N-dealkylation sites (tertiary alicyclic amines) is 1. The second kappa shape index (κ2) is 12.2. The molecule has 0 spiro atoms. The van der Waals surface area contributed by atoms with Gasteiger partial charge in [-0.05, 0) is 56.5 Å². The van der Waals surface area contributed by atoms with E-state index in [1.165, 1.54) is 0 Å². The zero-order chi connectivity index (χ0) is 22.8. The maximum absolute atomic E-state index is 12.4. The molecule has 1 saturated heterocycles. The lowest BCUT2D eigenvalue weighted by Gasteiger charge is -2.31. The molecule has 0 unspecified atom stereocenters. The highest BCUT2D eigenvalue weighted by Gasteiger charge is 2.19. The normalized spacial score (nSPS) is 15.0. The van der Waals surface area contributed by atoms with E-state index in [0.29, 0.717) is 29.5 Å². The van der Waals surface area contributed by atoms with Crippen molar-refractivity contribution in [3.05, 3.63) is 54.1 Å². The smallest absolute Gasteiger partial charge is 0.224 e. The number of hydrogen-bond donors (Lipinski definition) is 1. The van der Waals surface area contributed by atoms with Crippen LogP contribution in [0.3, 0.4) is 0 Å². The Morgan fingerprint density at radius 3 is 2.50 bits per heavy atom. The first-order chi connectivity index (χ1) is 15.6. The highest BCUT2D eigenvalue weighted by Crippen LogP contribution is 2.29. The second-order valence-electron chi connectivity index (χ2n) is 8.04. The Bertz CT molecular complexity index is 904. The fourth-order valence-electron chi connectivity index (χ4n) is 4.04. The van der Waals surface area contributed by atoms with Gasteiger partial charge in [-0.25, -0.2) is 0 Å². The van der Waals surface area contributed by atoms with Crippen molar-refractivity contribution in [1.29, 1.82) is 0 Å². The summed E-state index contributed by atoms with van der Waals surface area (Å²) in [5.41, 5.74) is 1.78. The van der Waals surface area contributed by atoms with E-state index in [9.17, 15) is 4.79 Å². The van der Waals surface area contributed by atoms with E-state index in [0.717, 1.165) is 50.2 Å². The number of anilines is 1. The first-order valence-corrected chi connectivity index (χ1v) is 11.2. The summed E-state index contributed by atoms with van der Waals surface area (Å²) >= 11 is 0. The van der Waals surface area contributed by atoms with Crippen LogP contribution in [0.4, 0.5) is 5.69 Å². The topological polar surface area (TPSA) is 60.0 Å². The van der Waals surface area contributed by atoms with Gasteiger partial charge in [0, 0.05) is 24.6 Å². The summed E-state index contributed by atoms with van der Waals surface area (Å²) in [7, 11) is 4.89. The lowest BCUT2D eigenvalue weighted by Crippen LogP contribution is -2.34. The molecule has 0 aliphatic carbocycles. The SMILES string of the molecule is COc1ccc(NC(=O)CCC2CCN(C/C=C/c3ccccc3OC)CC2)c(OC)c1. The number of para-hydroxylation sites is 1. The Morgan fingerprint density at radius 2 is 1.78 bits per heavy atom. The Hall–Kier alpha value is -2.99. The molecule has 0 bridgehead atoms. The molecule has 2 aromatic carbocycles. The zero-order valence-corrected chi connectivity index (χ0v) is 19.3. The van der Waals surface area contributed by atoms with Crippen LogP contribution in [0, 0.1) is 5.92 Å². The van der Waals surface area contributed by atoms with Crippen LogP contribution in [0.25, 0.3) is 6.08 Å². The Morgan fingerprint density at radius 1 is 1.03 bits per heavy atom. The zero-order valence-electron chi connectivity index (χ0n) is 19.3. The molecule has 0 radical (unpaired) electrons. The van der Waals surface area contributed by atoms with Crippen LogP contribution >= 0.6 is 0 Å². The summed E-state index contributed by atoms with van der Waals surface area (Å²) in [5, 5.41) is 2.96. The Kier molecular flexibility index (Phi) is 8.99. The minimum absolute atomic E-state index is 0.0237. The molecule has 1 aliphatic heterocycles. The molecule has 0 atom stereocenters. The molecule has 3 rings (SSSR count). The predicted octanol–water partition coefficient (Wildman–Crippen LogP) is 4.86. The number of rotatable bonds is 10. The fourth-order valence-corrected chi connectivity index (χ4v) is 4.04. The van der Waals surface area contributed by atoms with E-state index in [1.807, 2.05) is 30.3 Å². The number of nitrogens with one attached hydrogen (secondary N) is 1. The molecule has 32 heavy (non-hydrogen) atoms. The number of amides is 1. The first kappa shape index (κ1) is 23.7. The predicted molar refractivity (Wildman–Crippen MR) is 129 cm³/mol. The summed E-state index contributed by atoms with van der Waals surface area (Å²) in [4.78, 5) is 14.9. The van der Waals surface area contributed by atoms with Crippen LogP contribution in [-0.2, 0) is 4.79 Å². The van der Waals surface area contributed by atoms with Crippen LogP contribution in [-0.4, -0.2) is 51.8 Å². The van der Waals surface area contributed by atoms with Crippen molar-refractivity contribution in [3.8, 4) is 17.2 Å². The second-order valence-corrected chi connectivity index (χ2v) is 8.04. The van der Waals surface area contributed by atoms with E-state index in [4.69, 9.17) is 14.2 Å². The largest absolute Gasteiger partial charge is 0.497 e. The fraction of sp³-hybridized carbons (Fsp3) is 0.423. The van der Waals surface area contributed by atoms with Crippen molar-refractivity contribution in [2.45, 2.75) is 25.7 Å². The van der Waals surface area contributed by atoms with Crippen molar-refractivity contribution < 1.29 is 19.0 Å². The van der Waals surface area contributed by atoms with Gasteiger partial charge in [-0.2, -0.15) is 0 Å². The maximum Gasteiger partial charge on any atom is 0.224 e. The third kappa shape index (κ3) is 6.76. The number of carbonyl (C=O) groups excluding carboxylic acids is 1. The molecule has 6 heteroatoms. The number of ether oxygens (including phenoxy) is 3. The average Bonchev–Trinajstić information content (AvgIpc) is 2.84. The summed E-state index contributed by atoms with van der Waals surface area (Å²) in [6.07, 6.45) is 8.02. The summed E-state index contributed by atoms with van der Waals surface area (Å²) in [6, 6.07) is 13.4. The average molecular weight is 439 g/mol. The molecule has 1 heterocycles. The third-order valence-electron chi connectivity index (χ3n) is 5.97. The lowest BCUT2D eigenvalue weighted by atomic mass is 9.92. The van der Waals surface area contributed by atoms with Gasteiger partial charge in [-0.3, -0.25) is 9.69 Å². The van der Waals surface area contributed by atoms with Gasteiger partial charge in [0.05, 0.1) is 27.0 Å². The molecule has 1 fully saturated rings. The number of piperidine rings is 1. The molecule has 1 aliphatic rings. The number of hydrogen-bond acceptors (Lipinski definition) is 5. The van der Waals surface area contributed by atoms with E-state index in [1.54, 1.807) is 27.4 Å². The standard InChI is InChI=1S/C26H34N2O4/c1-30-22-11-12-23(25(19-22)32-3)27-26(29)13-10-20-14-17-28(18-15-20)16-6-8-21-7-4-5-9-24(21)31-2/h4-9,11-12,19-20H,10,13-18H2,1-3H3,(H,27,29)/b8-6+. The summed E-state index contributed by atoms with van der Waals surface area (Å²) < 4.78 is 16.0. The highest BCUT2D eigenvalue weighted by molar-refractivity contribution is 5.92. The van der Waals surface area contributed by atoms with E-state index in [2.05, 4.69) is 28.4 Å². The molecule has 1 N–H and O–H groups in total. The molecule has 6 nitrogen and oxygen atoms in total. The van der Waals surface area contributed by atoms with Crippen molar-refractivity contribution in [1.82, 2.24) is 4.90 Å². The van der Waals surface area contributed by atoms with Crippen LogP contribution in [0.5, 0.6) is 17.2 Å². The van der Waals surface area contributed by atoms with E-state index in [-0.39, 0.29) is 5.91 Å². The Balaban J connectivity index is 1.39. The Labute approximate surface area is 191 Å². The summed E-state index contributed by atoms with van der Waals surface area (Å²) in [6.45, 7) is 3.06. The van der Waals surface area contributed by atoms with Gasteiger partial charge in [0.15, 0.2) is 0 Å². The number of methoxy groups -OCH3 is 3. The van der Waals surface area contributed by atoms with Crippen LogP contribution < -0.4 is 19.5 Å². The number of carbonyl (C=O) groups is 1. The molecule has 2 aromatic rings. The van der Waals surface area contributed by atoms with Gasteiger partial charge in [0.2, 0.25) is 5.91 Å². The van der Waals surface area contributed by atoms with Crippen LogP contribution in [0.2, 0.25) is 0 Å². The minimum Gasteiger partial charge on any atom is -0.497 e. The molecule has 0 aromatic heterocycles. The van der Waals surface area contributed by atoms with Crippen LogP contribution in [0.1, 0.15) is 31.2 Å². The molecule has 0 saturated carbocycles. The number of benzene rings is 2. The van der Waals surface area contributed by atoms with Crippen molar-refractivity contribution >= 4 is 17.7 Å². The van der Waals surface area contributed by atoms with E-state index < -0.39 is 0 Å². The molecule has 172 valence electrons. The van der Waals surface area contributed by atoms with Gasteiger partial charge in [-0.1, -0.05) is 30.4 Å².